The number of ether oxygens (including phenoxy) is 1. The summed E-state index contributed by atoms with van der Waals surface area (Å²) in [4.78, 5) is 12.4. The van der Waals surface area contributed by atoms with E-state index < -0.39 is 0 Å². The van der Waals surface area contributed by atoms with E-state index in [2.05, 4.69) is 55.6 Å². The van der Waals surface area contributed by atoms with Gasteiger partial charge in [-0.05, 0) is 60.6 Å². The van der Waals surface area contributed by atoms with Crippen LogP contribution in [0.15, 0.2) is 60.2 Å². The van der Waals surface area contributed by atoms with E-state index in [0.717, 1.165) is 11.1 Å². The third-order valence-corrected chi connectivity index (χ3v) is 7.10. The predicted octanol–water partition coefficient (Wildman–Crippen LogP) is 5.75. The molecule has 3 heteroatoms. The van der Waals surface area contributed by atoms with Crippen molar-refractivity contribution >= 4 is 22.8 Å². The highest BCUT2D eigenvalue weighted by Gasteiger charge is 2.43. The third kappa shape index (κ3) is 4.84. The van der Waals surface area contributed by atoms with E-state index in [1.54, 1.807) is 6.08 Å². The van der Waals surface area contributed by atoms with Crippen LogP contribution in [0.1, 0.15) is 44.6 Å². The molecule has 1 unspecified atom stereocenters. The van der Waals surface area contributed by atoms with Gasteiger partial charge in [-0.2, -0.15) is 0 Å². The van der Waals surface area contributed by atoms with Crippen molar-refractivity contribution in [2.24, 2.45) is 5.92 Å². The first-order valence-electron chi connectivity index (χ1n) is 11.4. The van der Waals surface area contributed by atoms with Crippen LogP contribution in [0.4, 0.5) is 0 Å². The van der Waals surface area contributed by atoms with Gasteiger partial charge in [0.15, 0.2) is 0 Å². The summed E-state index contributed by atoms with van der Waals surface area (Å²) in [6.45, 7) is 5.09. The highest BCUT2D eigenvalue weighted by Crippen LogP contribution is 2.36. The quantitative estimate of drug-likeness (QED) is 0.274. The van der Waals surface area contributed by atoms with E-state index >= 15 is 0 Å². The molecule has 30 heavy (non-hydrogen) atoms. The Morgan fingerprint density at radius 1 is 1.07 bits per heavy atom. The van der Waals surface area contributed by atoms with Crippen molar-refractivity contribution in [3.05, 3.63) is 65.8 Å². The summed E-state index contributed by atoms with van der Waals surface area (Å²) in [6.07, 6.45) is 12.0. The van der Waals surface area contributed by atoms with Crippen LogP contribution in [-0.2, 0) is 9.53 Å². The molecule has 2 fully saturated rings. The van der Waals surface area contributed by atoms with Crippen molar-refractivity contribution in [1.82, 2.24) is 0 Å². The minimum Gasteiger partial charge on any atom is -0.462 e. The normalized spacial score (nSPS) is 27.2. The van der Waals surface area contributed by atoms with Crippen LogP contribution >= 0.6 is 0 Å². The lowest BCUT2D eigenvalue weighted by molar-refractivity contribution is -0.947. The maximum absolute atomic E-state index is 12.4. The highest BCUT2D eigenvalue weighted by atomic mass is 16.5. The first kappa shape index (κ1) is 20.9. The van der Waals surface area contributed by atoms with Gasteiger partial charge < -0.3 is 9.22 Å². The summed E-state index contributed by atoms with van der Waals surface area (Å²) in [7, 11) is 2.40. The van der Waals surface area contributed by atoms with Crippen LogP contribution in [-0.4, -0.2) is 43.2 Å². The summed E-state index contributed by atoms with van der Waals surface area (Å²) in [5, 5.41) is 2.46. The number of carbonyl (C=O) groups excluding carboxylic acids is 1. The summed E-state index contributed by atoms with van der Waals surface area (Å²) >= 11 is 0. The summed E-state index contributed by atoms with van der Waals surface area (Å²) in [5.74, 6) is 0.293. The number of allylic oxidation sites excluding steroid dienone is 2. The number of carbonyl (C=O) groups is 1. The second kappa shape index (κ2) is 9.18. The van der Waals surface area contributed by atoms with E-state index in [1.165, 1.54) is 60.4 Å². The molecule has 4 rings (SSSR count). The van der Waals surface area contributed by atoms with E-state index in [9.17, 15) is 4.79 Å². The van der Waals surface area contributed by atoms with Crippen LogP contribution in [0, 0.1) is 5.92 Å². The van der Waals surface area contributed by atoms with Crippen LogP contribution in [0.5, 0.6) is 0 Å². The maximum Gasteiger partial charge on any atom is 0.331 e. The molecule has 0 aromatic heterocycles. The standard InChI is InChI=1S/C27H34NO2/c1-21(12-13-22-14-15-23-8-3-4-9-24(23)19-22)18-27(29)30-20-25-10-7-17-28(2)16-6-5-11-26(25)28/h3-4,8-9,12-15,18-19,25-26H,5-7,10-11,16-17,20H2,1-2H3/q+1/b13-12+,21-18-/t25-,26-,28?/m0/s1. The van der Waals surface area contributed by atoms with Crippen molar-refractivity contribution in [3.63, 3.8) is 0 Å². The van der Waals surface area contributed by atoms with Gasteiger partial charge in [0.25, 0.3) is 0 Å². The molecule has 2 aliphatic heterocycles. The molecule has 0 spiro atoms. The average molecular weight is 405 g/mol. The van der Waals surface area contributed by atoms with Gasteiger partial charge in [-0.1, -0.05) is 48.6 Å². The Bertz CT molecular complexity index is 956. The Morgan fingerprint density at radius 2 is 1.87 bits per heavy atom. The fourth-order valence-corrected chi connectivity index (χ4v) is 5.43. The Balaban J connectivity index is 1.33. The number of hydrogen-bond acceptors (Lipinski definition) is 2. The van der Waals surface area contributed by atoms with E-state index in [4.69, 9.17) is 4.74 Å². The van der Waals surface area contributed by atoms with E-state index in [0.29, 0.717) is 18.6 Å². The van der Waals surface area contributed by atoms with E-state index in [-0.39, 0.29) is 5.97 Å². The van der Waals surface area contributed by atoms with Crippen LogP contribution < -0.4 is 0 Å². The highest BCUT2D eigenvalue weighted by molar-refractivity contribution is 5.85. The minimum atomic E-state index is -0.216. The fourth-order valence-electron chi connectivity index (χ4n) is 5.43. The van der Waals surface area contributed by atoms with Gasteiger partial charge in [-0.3, -0.25) is 0 Å². The van der Waals surface area contributed by atoms with Gasteiger partial charge in [-0.25, -0.2) is 4.79 Å². The number of fused-ring (bicyclic) bond motifs is 2. The second-order valence-corrected chi connectivity index (χ2v) is 9.35. The van der Waals surface area contributed by atoms with E-state index in [1.807, 2.05) is 13.0 Å². The van der Waals surface area contributed by atoms with Crippen LogP contribution in [0.25, 0.3) is 16.8 Å². The zero-order valence-corrected chi connectivity index (χ0v) is 18.3. The van der Waals surface area contributed by atoms with Crippen molar-refractivity contribution in [1.29, 1.82) is 0 Å². The number of nitrogens with zero attached hydrogens (tertiary/aromatic N) is 1. The molecule has 0 radical (unpaired) electrons. The zero-order valence-electron chi connectivity index (χ0n) is 18.3. The van der Waals surface area contributed by atoms with Crippen molar-refractivity contribution in [2.75, 3.05) is 26.7 Å². The minimum absolute atomic E-state index is 0.216. The molecule has 3 atom stereocenters. The van der Waals surface area contributed by atoms with Gasteiger partial charge in [-0.15, -0.1) is 0 Å². The molecule has 158 valence electrons. The lowest BCUT2D eigenvalue weighted by Gasteiger charge is -2.51. The summed E-state index contributed by atoms with van der Waals surface area (Å²) in [6, 6.07) is 15.4. The summed E-state index contributed by atoms with van der Waals surface area (Å²) < 4.78 is 6.88. The SMILES string of the molecule is CC(=C/C(=O)OC[C@@H]1CCC[N+]2(C)CCCC[C@@H]12)/C=C/c1ccc2ccccc2c1. The molecular formula is C27H34NO2+. The third-order valence-electron chi connectivity index (χ3n) is 7.10. The van der Waals surface area contributed by atoms with Crippen LogP contribution in [0.2, 0.25) is 0 Å². The Kier molecular flexibility index (Phi) is 6.38. The maximum atomic E-state index is 12.4. The molecule has 0 N–H and O–H groups in total. The molecular weight excluding hydrogens is 370 g/mol. The fraction of sp³-hybridized carbons (Fsp3) is 0.444. The first-order valence-corrected chi connectivity index (χ1v) is 11.4. The Hall–Kier alpha value is -2.39. The molecule has 0 bridgehead atoms. The van der Waals surface area contributed by atoms with Crippen molar-refractivity contribution in [3.8, 4) is 0 Å². The Labute approximate surface area is 180 Å². The molecule has 0 aliphatic carbocycles. The number of benzene rings is 2. The van der Waals surface area contributed by atoms with Crippen molar-refractivity contribution in [2.45, 2.75) is 45.1 Å². The number of quaternary nitrogens is 1. The topological polar surface area (TPSA) is 26.3 Å². The predicted molar refractivity (Wildman–Crippen MR) is 124 cm³/mol. The van der Waals surface area contributed by atoms with Gasteiger partial charge in [0, 0.05) is 18.4 Å². The molecule has 2 saturated heterocycles. The Morgan fingerprint density at radius 3 is 2.73 bits per heavy atom. The van der Waals surface area contributed by atoms with Gasteiger partial charge in [0.2, 0.25) is 0 Å². The molecule has 2 aromatic carbocycles. The van der Waals surface area contributed by atoms with Gasteiger partial charge in [0.1, 0.15) is 6.61 Å². The number of piperidine rings is 2. The largest absolute Gasteiger partial charge is 0.462 e. The lowest BCUT2D eigenvalue weighted by Crippen LogP contribution is -2.61. The van der Waals surface area contributed by atoms with Gasteiger partial charge >= 0.3 is 5.97 Å². The molecule has 3 nitrogen and oxygen atoms in total. The summed E-state index contributed by atoms with van der Waals surface area (Å²) in [5.41, 5.74) is 2.04. The molecule has 2 aliphatic rings. The van der Waals surface area contributed by atoms with Crippen molar-refractivity contribution < 1.29 is 14.0 Å². The number of rotatable bonds is 5. The molecule has 0 saturated carbocycles. The average Bonchev–Trinajstić information content (AvgIpc) is 2.75. The number of hydrogen-bond donors (Lipinski definition) is 0. The van der Waals surface area contributed by atoms with Gasteiger partial charge in [0.05, 0.1) is 26.2 Å². The molecule has 0 amide bonds. The van der Waals surface area contributed by atoms with Crippen LogP contribution in [0.3, 0.4) is 0 Å². The molecule has 2 heterocycles. The smallest absolute Gasteiger partial charge is 0.331 e. The molecule has 2 aromatic rings. The monoisotopic (exact) mass is 404 g/mol. The number of esters is 1. The second-order valence-electron chi connectivity index (χ2n) is 9.35. The lowest BCUT2D eigenvalue weighted by atomic mass is 9.82. The first-order chi connectivity index (χ1) is 14.5. The zero-order chi connectivity index (χ0) is 21.0.